The summed E-state index contributed by atoms with van der Waals surface area (Å²) in [6, 6.07) is 9.18. The average Bonchev–Trinajstić information content (AvgIpc) is 2.92. The zero-order valence-corrected chi connectivity index (χ0v) is 15.1. The van der Waals surface area contributed by atoms with E-state index in [1.54, 1.807) is 6.08 Å². The number of carbonyl (C=O) groups is 1. The highest BCUT2D eigenvalue weighted by Gasteiger charge is 2.43. The maximum Gasteiger partial charge on any atom is 0.408 e. The van der Waals surface area contributed by atoms with E-state index in [9.17, 15) is 4.79 Å². The van der Waals surface area contributed by atoms with Gasteiger partial charge in [0.15, 0.2) is 5.79 Å². The predicted molar refractivity (Wildman–Crippen MR) is 97.0 cm³/mol. The smallest absolute Gasteiger partial charge is 0.408 e. The standard InChI is InChI=1S/C20H27NO4/c1-5-7-13-16(18-17(6-2)24-20(3,4)25-18)21-19(22)23-14-15-11-9-8-10-12-15/h6-13,16-18H,2,5,14H2,1,3-4H3,(H,21,22)/b13-7-/t16-,17-,18-/m0/s1. The quantitative estimate of drug-likeness (QED) is 0.760. The first kappa shape index (κ1) is 19.2. The van der Waals surface area contributed by atoms with Crippen LogP contribution in [0.5, 0.6) is 0 Å². The number of nitrogens with one attached hydrogen (secondary N) is 1. The van der Waals surface area contributed by atoms with Crippen LogP contribution in [0, 0.1) is 0 Å². The summed E-state index contributed by atoms with van der Waals surface area (Å²) in [5.41, 5.74) is 0.934. The van der Waals surface area contributed by atoms with Gasteiger partial charge in [0.2, 0.25) is 0 Å². The van der Waals surface area contributed by atoms with E-state index >= 15 is 0 Å². The molecule has 1 heterocycles. The van der Waals surface area contributed by atoms with Gasteiger partial charge < -0.3 is 19.5 Å². The second-order valence-corrected chi connectivity index (χ2v) is 6.37. The fourth-order valence-electron chi connectivity index (χ4n) is 2.70. The SMILES string of the molecule is C=C[C@@H]1OC(C)(C)O[C@H]1[C@H](/C=C\CC)NC(=O)OCc1ccccc1. The maximum absolute atomic E-state index is 12.2. The van der Waals surface area contributed by atoms with Gasteiger partial charge >= 0.3 is 6.09 Å². The molecule has 1 amide bonds. The molecule has 1 N–H and O–H groups in total. The van der Waals surface area contributed by atoms with E-state index in [4.69, 9.17) is 14.2 Å². The molecule has 0 aromatic heterocycles. The van der Waals surface area contributed by atoms with E-state index in [1.807, 2.05) is 63.3 Å². The Kier molecular flexibility index (Phi) is 6.79. The summed E-state index contributed by atoms with van der Waals surface area (Å²) in [5, 5.41) is 2.87. The van der Waals surface area contributed by atoms with Crippen LogP contribution in [-0.2, 0) is 20.8 Å². The Morgan fingerprint density at radius 3 is 2.72 bits per heavy atom. The molecule has 1 aliphatic heterocycles. The molecule has 0 spiro atoms. The van der Waals surface area contributed by atoms with Crippen LogP contribution < -0.4 is 5.32 Å². The first-order chi connectivity index (χ1) is 11.9. The van der Waals surface area contributed by atoms with Gasteiger partial charge in [0.1, 0.15) is 18.8 Å². The summed E-state index contributed by atoms with van der Waals surface area (Å²) in [5.74, 6) is -0.725. The molecule has 1 aromatic carbocycles. The Hall–Kier alpha value is -2.11. The van der Waals surface area contributed by atoms with Crippen molar-refractivity contribution in [2.75, 3.05) is 0 Å². The van der Waals surface area contributed by atoms with Gasteiger partial charge in [-0.15, -0.1) is 6.58 Å². The second kappa shape index (κ2) is 8.83. The minimum absolute atomic E-state index is 0.218. The van der Waals surface area contributed by atoms with Gasteiger partial charge in [0.25, 0.3) is 0 Å². The molecule has 1 aliphatic rings. The lowest BCUT2D eigenvalue weighted by Gasteiger charge is -2.24. The molecular weight excluding hydrogens is 318 g/mol. The fourth-order valence-corrected chi connectivity index (χ4v) is 2.70. The molecule has 1 fully saturated rings. The second-order valence-electron chi connectivity index (χ2n) is 6.37. The first-order valence-electron chi connectivity index (χ1n) is 8.57. The topological polar surface area (TPSA) is 56.8 Å². The Morgan fingerprint density at radius 2 is 2.08 bits per heavy atom. The monoisotopic (exact) mass is 345 g/mol. The van der Waals surface area contributed by atoms with Crippen molar-refractivity contribution in [3.8, 4) is 0 Å². The summed E-state index contributed by atoms with van der Waals surface area (Å²) in [4.78, 5) is 12.2. The van der Waals surface area contributed by atoms with Crippen molar-refractivity contribution in [2.45, 2.75) is 57.8 Å². The minimum Gasteiger partial charge on any atom is -0.445 e. The van der Waals surface area contributed by atoms with Gasteiger partial charge in [-0.25, -0.2) is 4.79 Å². The summed E-state index contributed by atoms with van der Waals surface area (Å²) in [6.45, 7) is 9.74. The van der Waals surface area contributed by atoms with E-state index in [1.165, 1.54) is 0 Å². The number of hydrogen-bond acceptors (Lipinski definition) is 4. The normalized spacial score (nSPS) is 23.3. The van der Waals surface area contributed by atoms with Gasteiger partial charge in [0.05, 0.1) is 6.04 Å². The Labute approximate surface area is 149 Å². The highest BCUT2D eigenvalue weighted by atomic mass is 16.8. The highest BCUT2D eigenvalue weighted by molar-refractivity contribution is 5.68. The molecule has 1 saturated heterocycles. The molecule has 25 heavy (non-hydrogen) atoms. The van der Waals surface area contributed by atoms with Crippen LogP contribution in [0.4, 0.5) is 4.79 Å². The van der Waals surface area contributed by atoms with Crippen LogP contribution in [0.1, 0.15) is 32.8 Å². The molecule has 0 aliphatic carbocycles. The van der Waals surface area contributed by atoms with Gasteiger partial charge in [0, 0.05) is 0 Å². The summed E-state index contributed by atoms with van der Waals surface area (Å²) in [7, 11) is 0. The lowest BCUT2D eigenvalue weighted by Crippen LogP contribution is -2.46. The molecule has 2 rings (SSSR count). The van der Waals surface area contributed by atoms with E-state index in [2.05, 4.69) is 11.9 Å². The molecule has 5 nitrogen and oxygen atoms in total. The van der Waals surface area contributed by atoms with E-state index in [-0.39, 0.29) is 24.9 Å². The summed E-state index contributed by atoms with van der Waals surface area (Å²) >= 11 is 0. The lowest BCUT2D eigenvalue weighted by atomic mass is 10.0. The van der Waals surface area contributed by atoms with E-state index < -0.39 is 11.9 Å². The zero-order chi connectivity index (χ0) is 18.3. The van der Waals surface area contributed by atoms with Crippen LogP contribution in [0.25, 0.3) is 0 Å². The van der Waals surface area contributed by atoms with Gasteiger partial charge in [-0.05, 0) is 25.8 Å². The van der Waals surface area contributed by atoms with Crippen LogP contribution in [0.15, 0.2) is 55.1 Å². The number of ether oxygens (including phenoxy) is 3. The first-order valence-corrected chi connectivity index (χ1v) is 8.57. The molecule has 0 bridgehead atoms. The Bertz CT molecular complexity index is 597. The molecule has 3 atom stereocenters. The predicted octanol–water partition coefficient (Wildman–Crippen LogP) is 3.95. The van der Waals surface area contributed by atoms with Crippen molar-refractivity contribution in [3.63, 3.8) is 0 Å². The highest BCUT2D eigenvalue weighted by Crippen LogP contribution is 2.31. The number of benzene rings is 1. The maximum atomic E-state index is 12.2. The summed E-state index contributed by atoms with van der Waals surface area (Å²) in [6.07, 6.45) is 5.28. The van der Waals surface area contributed by atoms with Crippen LogP contribution in [0.2, 0.25) is 0 Å². The number of carbonyl (C=O) groups excluding carboxylic acids is 1. The fraction of sp³-hybridized carbons (Fsp3) is 0.450. The average molecular weight is 345 g/mol. The van der Waals surface area contributed by atoms with Crippen molar-refractivity contribution in [2.24, 2.45) is 0 Å². The number of allylic oxidation sites excluding steroid dienone is 1. The van der Waals surface area contributed by atoms with Crippen LogP contribution in [-0.4, -0.2) is 30.1 Å². The van der Waals surface area contributed by atoms with E-state index in [0.29, 0.717) is 0 Å². The van der Waals surface area contributed by atoms with E-state index in [0.717, 1.165) is 12.0 Å². The largest absolute Gasteiger partial charge is 0.445 e. The van der Waals surface area contributed by atoms with Crippen molar-refractivity contribution in [1.29, 1.82) is 0 Å². The number of hydrogen-bond donors (Lipinski definition) is 1. The molecule has 0 radical (unpaired) electrons. The lowest BCUT2D eigenvalue weighted by molar-refractivity contribution is -0.144. The third-order valence-corrected chi connectivity index (χ3v) is 3.83. The zero-order valence-electron chi connectivity index (χ0n) is 15.1. The molecule has 136 valence electrons. The van der Waals surface area contributed by atoms with Crippen LogP contribution >= 0.6 is 0 Å². The number of amides is 1. The Balaban J connectivity index is 2.00. The van der Waals surface area contributed by atoms with Gasteiger partial charge in [-0.2, -0.15) is 0 Å². The third-order valence-electron chi connectivity index (χ3n) is 3.83. The molecule has 5 heteroatoms. The van der Waals surface area contributed by atoms with Gasteiger partial charge in [-0.1, -0.05) is 55.5 Å². The van der Waals surface area contributed by atoms with Crippen molar-refractivity contribution in [1.82, 2.24) is 5.32 Å². The minimum atomic E-state index is -0.725. The molecule has 0 unspecified atom stereocenters. The van der Waals surface area contributed by atoms with Crippen molar-refractivity contribution >= 4 is 6.09 Å². The summed E-state index contributed by atoms with van der Waals surface area (Å²) < 4.78 is 17.1. The number of rotatable bonds is 7. The number of alkyl carbamates (subject to hydrolysis) is 1. The third kappa shape index (κ3) is 5.73. The van der Waals surface area contributed by atoms with Gasteiger partial charge in [-0.3, -0.25) is 0 Å². The van der Waals surface area contributed by atoms with Crippen LogP contribution in [0.3, 0.4) is 0 Å². The molecule has 1 aromatic rings. The molecule has 0 saturated carbocycles. The van der Waals surface area contributed by atoms with Crippen molar-refractivity contribution < 1.29 is 19.0 Å². The molecular formula is C20H27NO4. The Morgan fingerprint density at radius 1 is 1.36 bits per heavy atom. The van der Waals surface area contributed by atoms with Crippen molar-refractivity contribution in [3.05, 3.63) is 60.7 Å².